The number of benzene rings is 2. The molecule has 0 unspecified atom stereocenters. The van der Waals surface area contributed by atoms with Gasteiger partial charge >= 0.3 is 5.91 Å². The van der Waals surface area contributed by atoms with Gasteiger partial charge in [0.05, 0.1) is 0 Å². The molecule has 7 heteroatoms. The van der Waals surface area contributed by atoms with Crippen molar-refractivity contribution in [1.82, 2.24) is 10.9 Å². The average Bonchev–Trinajstić information content (AvgIpc) is 3.03. The molecule has 136 valence electrons. The van der Waals surface area contributed by atoms with E-state index in [2.05, 4.69) is 22.7 Å². The molecular weight excluding hydrogens is 346 g/mol. The van der Waals surface area contributed by atoms with Gasteiger partial charge in [-0.2, -0.15) is 0 Å². The molecule has 1 aromatic heterocycles. The number of rotatable bonds is 4. The predicted molar refractivity (Wildman–Crippen MR) is 101 cm³/mol. The van der Waals surface area contributed by atoms with Gasteiger partial charge in [0, 0.05) is 22.2 Å². The number of fused-ring (bicyclic) bond motifs is 1. The average molecular weight is 363 g/mol. The van der Waals surface area contributed by atoms with E-state index >= 15 is 0 Å². The van der Waals surface area contributed by atoms with Crippen molar-refractivity contribution in [2.75, 3.05) is 5.32 Å². The Kier molecular flexibility index (Phi) is 5.03. The molecule has 3 aromatic rings. The minimum atomic E-state index is -0.549. The zero-order valence-electron chi connectivity index (χ0n) is 14.5. The molecule has 3 amide bonds. The van der Waals surface area contributed by atoms with Crippen LogP contribution in [0.3, 0.4) is 0 Å². The molecule has 2 aromatic carbocycles. The van der Waals surface area contributed by atoms with Crippen molar-refractivity contribution in [2.24, 2.45) is 0 Å². The molecule has 7 nitrogen and oxygen atoms in total. The van der Waals surface area contributed by atoms with Crippen LogP contribution in [0.4, 0.5) is 5.69 Å². The number of nitrogens with one attached hydrogen (secondary N) is 3. The molecular formula is C20H17N3O4. The van der Waals surface area contributed by atoms with Crippen LogP contribution in [-0.2, 0) is 4.79 Å². The van der Waals surface area contributed by atoms with Crippen molar-refractivity contribution in [2.45, 2.75) is 6.92 Å². The van der Waals surface area contributed by atoms with Crippen LogP contribution in [-0.4, -0.2) is 17.7 Å². The second-order valence-electron chi connectivity index (χ2n) is 5.73. The number of anilines is 1. The Balaban J connectivity index is 1.64. The van der Waals surface area contributed by atoms with E-state index < -0.39 is 11.8 Å². The maximum atomic E-state index is 12.3. The number of amides is 3. The standard InChI is InChI=1S/C20H17N3O4/c1-3-17(24)21-14-10-8-13(9-11-14)19(25)22-23-20(26)18-12(2)15-6-4-5-7-16(15)27-18/h3-11H,1H2,2H3,(H,21,24)(H,22,25)(H,23,26). The molecule has 0 aliphatic rings. The van der Waals surface area contributed by atoms with Crippen LogP contribution in [0, 0.1) is 6.92 Å². The minimum absolute atomic E-state index is 0.138. The molecule has 0 aliphatic heterocycles. The van der Waals surface area contributed by atoms with Crippen molar-refractivity contribution in [3.05, 3.63) is 78.1 Å². The van der Waals surface area contributed by atoms with E-state index in [0.717, 1.165) is 11.5 Å². The van der Waals surface area contributed by atoms with Crippen LogP contribution in [0.5, 0.6) is 0 Å². The number of aryl methyl sites for hydroxylation is 1. The first-order chi connectivity index (χ1) is 13.0. The summed E-state index contributed by atoms with van der Waals surface area (Å²) in [5.74, 6) is -1.26. The quantitative estimate of drug-likeness (QED) is 0.490. The van der Waals surface area contributed by atoms with Crippen molar-refractivity contribution in [1.29, 1.82) is 0 Å². The first kappa shape index (κ1) is 17.9. The summed E-state index contributed by atoms with van der Waals surface area (Å²) in [5.41, 5.74) is 6.81. The summed E-state index contributed by atoms with van der Waals surface area (Å²) in [4.78, 5) is 35.7. The summed E-state index contributed by atoms with van der Waals surface area (Å²) >= 11 is 0. The Hall–Kier alpha value is -3.87. The van der Waals surface area contributed by atoms with Gasteiger partial charge in [-0.3, -0.25) is 25.2 Å². The van der Waals surface area contributed by atoms with Crippen LogP contribution in [0.2, 0.25) is 0 Å². The first-order valence-corrected chi connectivity index (χ1v) is 8.12. The highest BCUT2D eigenvalue weighted by Crippen LogP contribution is 2.24. The molecule has 0 saturated heterocycles. The van der Waals surface area contributed by atoms with Crippen molar-refractivity contribution in [3.8, 4) is 0 Å². The van der Waals surface area contributed by atoms with E-state index in [1.807, 2.05) is 18.2 Å². The van der Waals surface area contributed by atoms with E-state index in [1.165, 1.54) is 12.1 Å². The summed E-state index contributed by atoms with van der Waals surface area (Å²) in [6.45, 7) is 5.14. The monoisotopic (exact) mass is 363 g/mol. The van der Waals surface area contributed by atoms with Crippen LogP contribution in [0.15, 0.2) is 65.6 Å². The number of hydrazine groups is 1. The maximum Gasteiger partial charge on any atom is 0.305 e. The zero-order valence-corrected chi connectivity index (χ0v) is 14.5. The number of para-hydroxylation sites is 1. The largest absolute Gasteiger partial charge is 0.451 e. The summed E-state index contributed by atoms with van der Waals surface area (Å²) < 4.78 is 5.55. The number of carbonyl (C=O) groups excluding carboxylic acids is 3. The number of furan rings is 1. The van der Waals surface area contributed by atoms with Crippen molar-refractivity contribution >= 4 is 34.4 Å². The van der Waals surface area contributed by atoms with Gasteiger partial charge in [-0.1, -0.05) is 24.8 Å². The predicted octanol–water partition coefficient (Wildman–Crippen LogP) is 2.94. The van der Waals surface area contributed by atoms with Gasteiger partial charge in [-0.25, -0.2) is 0 Å². The summed E-state index contributed by atoms with van der Waals surface area (Å²) in [6, 6.07) is 13.5. The van der Waals surface area contributed by atoms with E-state index in [4.69, 9.17) is 4.42 Å². The summed E-state index contributed by atoms with van der Waals surface area (Å²) in [7, 11) is 0. The second-order valence-corrected chi connectivity index (χ2v) is 5.73. The van der Waals surface area contributed by atoms with Crippen LogP contribution >= 0.6 is 0 Å². The molecule has 0 spiro atoms. The molecule has 0 atom stereocenters. The Morgan fingerprint density at radius 3 is 2.30 bits per heavy atom. The highest BCUT2D eigenvalue weighted by molar-refractivity contribution is 6.02. The Bertz CT molecular complexity index is 1040. The lowest BCUT2D eigenvalue weighted by atomic mass is 10.1. The molecule has 0 fully saturated rings. The molecule has 27 heavy (non-hydrogen) atoms. The van der Waals surface area contributed by atoms with Gasteiger partial charge in [0.2, 0.25) is 5.91 Å². The highest BCUT2D eigenvalue weighted by atomic mass is 16.3. The molecule has 0 aliphatic carbocycles. The molecule has 0 radical (unpaired) electrons. The van der Waals surface area contributed by atoms with Crippen LogP contribution < -0.4 is 16.2 Å². The van der Waals surface area contributed by atoms with Crippen molar-refractivity contribution < 1.29 is 18.8 Å². The van der Waals surface area contributed by atoms with E-state index in [0.29, 0.717) is 22.4 Å². The Labute approximate surface area is 155 Å². The van der Waals surface area contributed by atoms with Gasteiger partial charge in [0.1, 0.15) is 5.58 Å². The van der Waals surface area contributed by atoms with E-state index in [-0.39, 0.29) is 11.7 Å². The fourth-order valence-electron chi connectivity index (χ4n) is 2.53. The van der Waals surface area contributed by atoms with E-state index in [9.17, 15) is 14.4 Å². The summed E-state index contributed by atoms with van der Waals surface area (Å²) in [6.07, 6.45) is 1.15. The maximum absolute atomic E-state index is 12.3. The van der Waals surface area contributed by atoms with Gasteiger partial charge in [0.25, 0.3) is 5.91 Å². The topological polar surface area (TPSA) is 100 Å². The van der Waals surface area contributed by atoms with E-state index in [1.54, 1.807) is 25.1 Å². The Morgan fingerprint density at radius 1 is 0.963 bits per heavy atom. The number of hydrogen-bond acceptors (Lipinski definition) is 4. The molecule has 0 bridgehead atoms. The van der Waals surface area contributed by atoms with Gasteiger partial charge in [0.15, 0.2) is 5.76 Å². The van der Waals surface area contributed by atoms with Crippen LogP contribution in [0.25, 0.3) is 11.0 Å². The van der Waals surface area contributed by atoms with Crippen LogP contribution in [0.1, 0.15) is 26.5 Å². The lowest BCUT2D eigenvalue weighted by Crippen LogP contribution is -2.41. The lowest BCUT2D eigenvalue weighted by Gasteiger charge is -2.07. The normalized spacial score (nSPS) is 10.3. The second kappa shape index (κ2) is 7.57. The fourth-order valence-corrected chi connectivity index (χ4v) is 2.53. The first-order valence-electron chi connectivity index (χ1n) is 8.12. The smallest absolute Gasteiger partial charge is 0.305 e. The zero-order chi connectivity index (χ0) is 19.4. The molecule has 3 rings (SSSR count). The molecule has 3 N–H and O–H groups in total. The number of hydrogen-bond donors (Lipinski definition) is 3. The summed E-state index contributed by atoms with van der Waals surface area (Å²) in [5, 5.41) is 3.42. The third-order valence-electron chi connectivity index (χ3n) is 3.94. The third-order valence-corrected chi connectivity index (χ3v) is 3.94. The van der Waals surface area contributed by atoms with Gasteiger partial charge in [-0.15, -0.1) is 0 Å². The fraction of sp³-hybridized carbons (Fsp3) is 0.0500. The van der Waals surface area contributed by atoms with Gasteiger partial charge in [-0.05, 0) is 43.3 Å². The Morgan fingerprint density at radius 2 is 1.63 bits per heavy atom. The SMILES string of the molecule is C=CC(=O)Nc1ccc(C(=O)NNC(=O)c2oc3ccccc3c2C)cc1. The van der Waals surface area contributed by atoms with Crippen molar-refractivity contribution in [3.63, 3.8) is 0 Å². The minimum Gasteiger partial charge on any atom is -0.451 e. The van der Waals surface area contributed by atoms with Gasteiger partial charge < -0.3 is 9.73 Å². The highest BCUT2D eigenvalue weighted by Gasteiger charge is 2.18. The lowest BCUT2D eigenvalue weighted by molar-refractivity contribution is -0.111. The molecule has 0 saturated carbocycles. The molecule has 1 heterocycles. The third kappa shape index (κ3) is 3.87. The number of carbonyl (C=O) groups is 3.